The third-order valence-electron chi connectivity index (χ3n) is 3.45. The van der Waals surface area contributed by atoms with Gasteiger partial charge in [-0.15, -0.1) is 0 Å². The number of fused-ring (bicyclic) bond motifs is 1. The summed E-state index contributed by atoms with van der Waals surface area (Å²) in [7, 11) is 0. The van der Waals surface area contributed by atoms with Crippen LogP contribution >= 0.6 is 0 Å². The first-order valence-electron chi connectivity index (χ1n) is 7.04. The average molecular weight is 272 g/mol. The summed E-state index contributed by atoms with van der Waals surface area (Å²) in [5.74, 6) is 5.93. The van der Waals surface area contributed by atoms with E-state index in [2.05, 4.69) is 36.1 Å². The highest BCUT2D eigenvalue weighted by molar-refractivity contribution is 5.85. The standard InChI is InChI=1S/C20H16O/c21-19(14-13-16-7-2-1-3-8-16)15-18-11-6-10-17-9-4-5-12-20(17)18/h1-12,19,21H,15H2. The third-order valence-corrected chi connectivity index (χ3v) is 3.45. The summed E-state index contributed by atoms with van der Waals surface area (Å²) in [6.07, 6.45) is -0.114. The largest absolute Gasteiger partial charge is 0.380 e. The Morgan fingerprint density at radius 1 is 0.810 bits per heavy atom. The van der Waals surface area contributed by atoms with Crippen molar-refractivity contribution in [3.8, 4) is 11.8 Å². The van der Waals surface area contributed by atoms with Crippen LogP contribution in [0.4, 0.5) is 0 Å². The molecule has 1 atom stereocenters. The van der Waals surface area contributed by atoms with Gasteiger partial charge in [0.15, 0.2) is 0 Å². The first-order valence-corrected chi connectivity index (χ1v) is 7.04. The molecule has 3 aromatic rings. The van der Waals surface area contributed by atoms with E-state index >= 15 is 0 Å². The first kappa shape index (κ1) is 13.4. The highest BCUT2D eigenvalue weighted by Crippen LogP contribution is 2.19. The van der Waals surface area contributed by atoms with Crippen LogP contribution in [0.1, 0.15) is 11.1 Å². The summed E-state index contributed by atoms with van der Waals surface area (Å²) in [5, 5.41) is 12.5. The van der Waals surface area contributed by atoms with E-state index in [1.54, 1.807) is 0 Å². The Morgan fingerprint density at radius 3 is 2.38 bits per heavy atom. The van der Waals surface area contributed by atoms with Gasteiger partial charge in [0.25, 0.3) is 0 Å². The summed E-state index contributed by atoms with van der Waals surface area (Å²) >= 11 is 0. The van der Waals surface area contributed by atoms with Crippen LogP contribution in [0.3, 0.4) is 0 Å². The summed E-state index contributed by atoms with van der Waals surface area (Å²) in [6.45, 7) is 0. The zero-order chi connectivity index (χ0) is 14.5. The molecule has 0 heterocycles. The Balaban J connectivity index is 1.81. The van der Waals surface area contributed by atoms with Crippen molar-refractivity contribution in [2.75, 3.05) is 0 Å². The van der Waals surface area contributed by atoms with E-state index < -0.39 is 6.10 Å². The Kier molecular flexibility index (Phi) is 4.00. The Bertz CT molecular complexity index is 789. The molecular weight excluding hydrogens is 256 g/mol. The number of aliphatic hydroxyl groups is 1. The monoisotopic (exact) mass is 272 g/mol. The number of rotatable bonds is 2. The predicted molar refractivity (Wildman–Crippen MR) is 87.0 cm³/mol. The van der Waals surface area contributed by atoms with Crippen LogP contribution in [0.25, 0.3) is 10.8 Å². The van der Waals surface area contributed by atoms with E-state index in [-0.39, 0.29) is 0 Å². The lowest BCUT2D eigenvalue weighted by molar-refractivity contribution is 0.233. The molecule has 1 N–H and O–H groups in total. The van der Waals surface area contributed by atoms with E-state index in [4.69, 9.17) is 0 Å². The van der Waals surface area contributed by atoms with E-state index in [1.807, 2.05) is 48.5 Å². The van der Waals surface area contributed by atoms with Crippen LogP contribution in [0.5, 0.6) is 0 Å². The maximum absolute atomic E-state index is 10.1. The second-order valence-corrected chi connectivity index (χ2v) is 4.99. The van der Waals surface area contributed by atoms with Crippen molar-refractivity contribution < 1.29 is 5.11 Å². The highest BCUT2D eigenvalue weighted by Gasteiger charge is 2.05. The molecule has 0 aliphatic rings. The van der Waals surface area contributed by atoms with Crippen LogP contribution in [0.15, 0.2) is 72.8 Å². The fourth-order valence-electron chi connectivity index (χ4n) is 2.42. The molecule has 0 bridgehead atoms. The lowest BCUT2D eigenvalue weighted by Crippen LogP contribution is -2.07. The van der Waals surface area contributed by atoms with E-state index in [1.165, 1.54) is 10.8 Å². The van der Waals surface area contributed by atoms with Crippen LogP contribution in [0.2, 0.25) is 0 Å². The fourth-order valence-corrected chi connectivity index (χ4v) is 2.42. The number of aliphatic hydroxyl groups excluding tert-OH is 1. The number of hydrogen-bond donors (Lipinski definition) is 1. The van der Waals surface area contributed by atoms with E-state index in [9.17, 15) is 5.11 Å². The second-order valence-electron chi connectivity index (χ2n) is 4.99. The topological polar surface area (TPSA) is 20.2 Å². The van der Waals surface area contributed by atoms with Crippen LogP contribution < -0.4 is 0 Å². The van der Waals surface area contributed by atoms with Gasteiger partial charge >= 0.3 is 0 Å². The summed E-state index contributed by atoms with van der Waals surface area (Å²) < 4.78 is 0. The van der Waals surface area contributed by atoms with Crippen molar-refractivity contribution in [2.24, 2.45) is 0 Å². The first-order chi connectivity index (χ1) is 10.3. The molecule has 1 heteroatoms. The predicted octanol–water partition coefficient (Wildman–Crippen LogP) is 3.79. The molecule has 0 saturated heterocycles. The lowest BCUT2D eigenvalue weighted by Gasteiger charge is -2.07. The smallest absolute Gasteiger partial charge is 0.119 e. The number of hydrogen-bond acceptors (Lipinski definition) is 1. The summed E-state index contributed by atoms with van der Waals surface area (Å²) in [4.78, 5) is 0. The molecule has 0 aliphatic heterocycles. The van der Waals surface area contributed by atoms with Gasteiger partial charge in [-0.3, -0.25) is 0 Å². The molecular formula is C20H16O. The molecule has 0 saturated carbocycles. The van der Waals surface area contributed by atoms with Gasteiger partial charge < -0.3 is 5.11 Å². The van der Waals surface area contributed by atoms with Gasteiger partial charge in [-0.05, 0) is 28.5 Å². The molecule has 0 spiro atoms. The van der Waals surface area contributed by atoms with Crippen molar-refractivity contribution in [3.05, 3.63) is 83.9 Å². The maximum Gasteiger partial charge on any atom is 0.119 e. The van der Waals surface area contributed by atoms with Crippen LogP contribution in [-0.2, 0) is 6.42 Å². The van der Waals surface area contributed by atoms with Gasteiger partial charge in [-0.1, -0.05) is 72.5 Å². The normalized spacial score (nSPS) is 11.7. The maximum atomic E-state index is 10.1. The van der Waals surface area contributed by atoms with Gasteiger partial charge in [0.2, 0.25) is 0 Å². The Hall–Kier alpha value is -2.56. The van der Waals surface area contributed by atoms with Crippen molar-refractivity contribution in [3.63, 3.8) is 0 Å². The molecule has 0 radical (unpaired) electrons. The summed E-state index contributed by atoms with van der Waals surface area (Å²) in [5.41, 5.74) is 2.05. The van der Waals surface area contributed by atoms with Crippen molar-refractivity contribution in [2.45, 2.75) is 12.5 Å². The van der Waals surface area contributed by atoms with Crippen molar-refractivity contribution in [1.82, 2.24) is 0 Å². The molecule has 0 aromatic heterocycles. The highest BCUT2D eigenvalue weighted by atomic mass is 16.3. The van der Waals surface area contributed by atoms with E-state index in [0.717, 1.165) is 11.1 Å². The average Bonchev–Trinajstić information content (AvgIpc) is 2.54. The van der Waals surface area contributed by atoms with E-state index in [0.29, 0.717) is 6.42 Å². The van der Waals surface area contributed by atoms with Gasteiger partial charge in [0.05, 0.1) is 0 Å². The SMILES string of the molecule is OC(C#Cc1ccccc1)Cc1cccc2ccccc12. The molecule has 0 amide bonds. The lowest BCUT2D eigenvalue weighted by atomic mass is 10.00. The molecule has 21 heavy (non-hydrogen) atoms. The minimum atomic E-state index is -0.656. The van der Waals surface area contributed by atoms with Crippen LogP contribution in [-0.4, -0.2) is 11.2 Å². The van der Waals surface area contributed by atoms with Gasteiger partial charge in [-0.25, -0.2) is 0 Å². The quantitative estimate of drug-likeness (QED) is 0.704. The molecule has 102 valence electrons. The molecule has 1 nitrogen and oxygen atoms in total. The molecule has 1 unspecified atom stereocenters. The minimum absolute atomic E-state index is 0.543. The second kappa shape index (κ2) is 6.26. The fraction of sp³-hybridized carbons (Fsp3) is 0.100. The van der Waals surface area contributed by atoms with Crippen molar-refractivity contribution in [1.29, 1.82) is 0 Å². The Labute approximate surface area is 124 Å². The van der Waals surface area contributed by atoms with Gasteiger partial charge in [0, 0.05) is 12.0 Å². The molecule has 0 fully saturated rings. The molecule has 0 aliphatic carbocycles. The zero-order valence-corrected chi connectivity index (χ0v) is 11.7. The third kappa shape index (κ3) is 3.31. The molecule has 3 rings (SSSR count). The summed E-state index contributed by atoms with van der Waals surface area (Å²) in [6, 6.07) is 24.1. The zero-order valence-electron chi connectivity index (χ0n) is 11.7. The number of benzene rings is 3. The molecule has 3 aromatic carbocycles. The minimum Gasteiger partial charge on any atom is -0.380 e. The Morgan fingerprint density at radius 2 is 1.52 bits per heavy atom. The van der Waals surface area contributed by atoms with Crippen LogP contribution in [0, 0.1) is 11.8 Å². The van der Waals surface area contributed by atoms with Crippen molar-refractivity contribution >= 4 is 10.8 Å². The van der Waals surface area contributed by atoms with Gasteiger partial charge in [-0.2, -0.15) is 0 Å². The van der Waals surface area contributed by atoms with Gasteiger partial charge in [0.1, 0.15) is 6.10 Å².